The zero-order chi connectivity index (χ0) is 19.6. The molecular formula is C18H18ClN3O3S2. The molecule has 3 rings (SSSR count). The van der Waals surface area contributed by atoms with Gasteiger partial charge in [-0.2, -0.15) is 0 Å². The Morgan fingerprint density at radius 1 is 1.37 bits per heavy atom. The number of fused-ring (bicyclic) bond motifs is 1. The number of halogens is 1. The van der Waals surface area contributed by atoms with Crippen molar-refractivity contribution in [3.05, 3.63) is 45.6 Å². The molecule has 0 aliphatic rings. The van der Waals surface area contributed by atoms with E-state index in [4.69, 9.17) is 16.3 Å². The third-order valence-electron chi connectivity index (χ3n) is 3.85. The van der Waals surface area contributed by atoms with Crippen molar-refractivity contribution in [2.45, 2.75) is 19.6 Å². The van der Waals surface area contributed by atoms with Crippen LogP contribution in [-0.2, 0) is 21.3 Å². The SMILES string of the molecule is CCOC(=O)c1sc2ncnc(Nc3ccc(Cl)c(CS(C)=O)c3)c2c1C. The van der Waals surface area contributed by atoms with Gasteiger partial charge in [-0.05, 0) is 43.2 Å². The van der Waals surface area contributed by atoms with E-state index in [0.29, 0.717) is 32.9 Å². The summed E-state index contributed by atoms with van der Waals surface area (Å²) in [6, 6.07) is 5.44. The quantitative estimate of drug-likeness (QED) is 0.590. The maximum atomic E-state index is 12.2. The average Bonchev–Trinajstić information content (AvgIpc) is 2.96. The van der Waals surface area contributed by atoms with E-state index in [-0.39, 0.29) is 5.97 Å². The van der Waals surface area contributed by atoms with Crippen LogP contribution in [-0.4, -0.2) is 33.0 Å². The minimum atomic E-state index is -0.999. The van der Waals surface area contributed by atoms with Gasteiger partial charge in [0.25, 0.3) is 0 Å². The van der Waals surface area contributed by atoms with Gasteiger partial charge in [-0.25, -0.2) is 14.8 Å². The van der Waals surface area contributed by atoms with E-state index in [1.54, 1.807) is 19.2 Å². The molecule has 142 valence electrons. The Bertz CT molecular complexity index is 1040. The highest BCUT2D eigenvalue weighted by Gasteiger charge is 2.20. The van der Waals surface area contributed by atoms with Crippen LogP contribution in [0, 0.1) is 6.92 Å². The highest BCUT2D eigenvalue weighted by Crippen LogP contribution is 2.35. The molecule has 3 aromatic rings. The highest BCUT2D eigenvalue weighted by molar-refractivity contribution is 7.83. The van der Waals surface area contributed by atoms with E-state index in [9.17, 15) is 9.00 Å². The van der Waals surface area contributed by atoms with Crippen LogP contribution >= 0.6 is 22.9 Å². The smallest absolute Gasteiger partial charge is 0.348 e. The maximum absolute atomic E-state index is 12.2. The standard InChI is InChI=1S/C18H18ClN3O3S2/c1-4-25-18(23)15-10(2)14-16(20-9-21-17(14)26-15)22-12-5-6-13(19)11(7-12)8-27(3)24/h5-7,9H,4,8H2,1-3H3,(H,20,21,22). The van der Waals surface area contributed by atoms with Crippen LogP contribution in [0.1, 0.15) is 27.7 Å². The molecule has 0 saturated heterocycles. The third-order valence-corrected chi connectivity index (χ3v) is 6.12. The number of carbonyl (C=O) groups is 1. The zero-order valence-electron chi connectivity index (χ0n) is 15.0. The van der Waals surface area contributed by atoms with Crippen LogP contribution in [0.2, 0.25) is 5.02 Å². The number of benzene rings is 1. The summed E-state index contributed by atoms with van der Waals surface area (Å²) < 4.78 is 16.7. The van der Waals surface area contributed by atoms with Gasteiger partial charge < -0.3 is 10.1 Å². The van der Waals surface area contributed by atoms with Crippen molar-refractivity contribution in [2.75, 3.05) is 18.2 Å². The number of nitrogens with zero attached hydrogens (tertiary/aromatic N) is 2. The largest absolute Gasteiger partial charge is 0.462 e. The van der Waals surface area contributed by atoms with Crippen molar-refractivity contribution >= 4 is 61.4 Å². The van der Waals surface area contributed by atoms with Gasteiger partial charge in [0.1, 0.15) is 21.9 Å². The van der Waals surface area contributed by atoms with Crippen molar-refractivity contribution in [2.24, 2.45) is 0 Å². The number of hydrogen-bond acceptors (Lipinski definition) is 7. The predicted octanol–water partition coefficient (Wildman–Crippen LogP) is 4.45. The number of aromatic nitrogens is 2. The fourth-order valence-electron chi connectivity index (χ4n) is 2.68. The number of nitrogens with one attached hydrogen (secondary N) is 1. The molecule has 2 heterocycles. The summed E-state index contributed by atoms with van der Waals surface area (Å²) in [5, 5.41) is 4.61. The van der Waals surface area contributed by atoms with Crippen LogP contribution in [0.3, 0.4) is 0 Å². The second-order valence-electron chi connectivity index (χ2n) is 5.83. The minimum absolute atomic E-state index is 0.315. The number of carbonyl (C=O) groups excluding carboxylic acids is 1. The van der Waals surface area contributed by atoms with Crippen LogP contribution < -0.4 is 5.32 Å². The predicted molar refractivity (Wildman–Crippen MR) is 111 cm³/mol. The number of thiophene rings is 1. The molecule has 0 fully saturated rings. The average molecular weight is 424 g/mol. The fourth-order valence-corrected chi connectivity index (χ4v) is 4.66. The molecule has 27 heavy (non-hydrogen) atoms. The van der Waals surface area contributed by atoms with Gasteiger partial charge in [0, 0.05) is 33.5 Å². The molecule has 2 aromatic heterocycles. The van der Waals surface area contributed by atoms with Crippen molar-refractivity contribution in [3.63, 3.8) is 0 Å². The van der Waals surface area contributed by atoms with Gasteiger partial charge >= 0.3 is 5.97 Å². The molecule has 1 aromatic carbocycles. The first kappa shape index (κ1) is 19.7. The Morgan fingerprint density at radius 3 is 2.85 bits per heavy atom. The molecule has 6 nitrogen and oxygen atoms in total. The van der Waals surface area contributed by atoms with Crippen molar-refractivity contribution in [3.8, 4) is 0 Å². The molecule has 0 saturated carbocycles. The van der Waals surface area contributed by atoms with Gasteiger partial charge in [-0.15, -0.1) is 11.3 Å². The molecule has 1 unspecified atom stereocenters. The molecule has 0 spiro atoms. The van der Waals surface area contributed by atoms with Crippen molar-refractivity contribution in [1.82, 2.24) is 9.97 Å². The topological polar surface area (TPSA) is 81.2 Å². The molecule has 0 bridgehead atoms. The van der Waals surface area contributed by atoms with Gasteiger partial charge in [-0.1, -0.05) is 11.6 Å². The Labute approximate surface area is 168 Å². The summed E-state index contributed by atoms with van der Waals surface area (Å²) >= 11 is 7.48. The lowest BCUT2D eigenvalue weighted by atomic mass is 10.2. The summed E-state index contributed by atoms with van der Waals surface area (Å²) in [5.41, 5.74) is 2.34. The number of hydrogen-bond donors (Lipinski definition) is 1. The van der Waals surface area contributed by atoms with E-state index in [2.05, 4.69) is 15.3 Å². The first-order chi connectivity index (χ1) is 12.9. The van der Waals surface area contributed by atoms with Crippen molar-refractivity contribution in [1.29, 1.82) is 0 Å². The summed E-state index contributed by atoms with van der Waals surface area (Å²) in [5.74, 6) is 0.608. The highest BCUT2D eigenvalue weighted by atomic mass is 35.5. The maximum Gasteiger partial charge on any atom is 0.348 e. The second-order valence-corrected chi connectivity index (χ2v) is 8.67. The second kappa shape index (κ2) is 8.33. The first-order valence-corrected chi connectivity index (χ1v) is 11.1. The molecule has 1 N–H and O–H groups in total. The number of aryl methyl sites for hydroxylation is 1. The van der Waals surface area contributed by atoms with E-state index in [1.165, 1.54) is 17.7 Å². The van der Waals surface area contributed by atoms with E-state index >= 15 is 0 Å². The lowest BCUT2D eigenvalue weighted by Gasteiger charge is -2.10. The van der Waals surface area contributed by atoms with Crippen LogP contribution in [0.4, 0.5) is 11.5 Å². The van der Waals surface area contributed by atoms with Gasteiger partial charge in [0.15, 0.2) is 0 Å². The Hall–Kier alpha value is -2.03. The fraction of sp³-hybridized carbons (Fsp3) is 0.278. The van der Waals surface area contributed by atoms with Crippen molar-refractivity contribution < 1.29 is 13.7 Å². The minimum Gasteiger partial charge on any atom is -0.462 e. The summed E-state index contributed by atoms with van der Waals surface area (Å²) in [6.45, 7) is 3.94. The number of rotatable bonds is 6. The first-order valence-electron chi connectivity index (χ1n) is 8.17. The number of anilines is 2. The van der Waals surface area contributed by atoms with Crippen LogP contribution in [0.25, 0.3) is 10.2 Å². The molecule has 0 aliphatic carbocycles. The van der Waals surface area contributed by atoms with E-state index < -0.39 is 10.8 Å². The summed E-state index contributed by atoms with van der Waals surface area (Å²) in [6.07, 6.45) is 3.09. The molecular weight excluding hydrogens is 406 g/mol. The van der Waals surface area contributed by atoms with E-state index in [0.717, 1.165) is 22.2 Å². The monoisotopic (exact) mass is 423 g/mol. The van der Waals surface area contributed by atoms with Crippen LogP contribution in [0.5, 0.6) is 0 Å². The van der Waals surface area contributed by atoms with Gasteiger partial charge in [0.05, 0.1) is 12.0 Å². The normalized spacial score (nSPS) is 12.1. The van der Waals surface area contributed by atoms with Gasteiger partial charge in [0.2, 0.25) is 0 Å². The molecule has 9 heteroatoms. The Morgan fingerprint density at radius 2 is 2.15 bits per heavy atom. The molecule has 0 radical (unpaired) electrons. The molecule has 0 aliphatic heterocycles. The summed E-state index contributed by atoms with van der Waals surface area (Å²) in [7, 11) is -0.999. The van der Waals surface area contributed by atoms with Gasteiger partial charge in [-0.3, -0.25) is 4.21 Å². The summed E-state index contributed by atoms with van der Waals surface area (Å²) in [4.78, 5) is 22.0. The Kier molecular flexibility index (Phi) is 6.08. The van der Waals surface area contributed by atoms with E-state index in [1.807, 2.05) is 19.1 Å². The Balaban J connectivity index is 2.00. The lowest BCUT2D eigenvalue weighted by Crippen LogP contribution is -2.03. The third kappa shape index (κ3) is 4.28. The number of esters is 1. The van der Waals surface area contributed by atoms with Crippen LogP contribution in [0.15, 0.2) is 24.5 Å². The lowest BCUT2D eigenvalue weighted by molar-refractivity contribution is 0.0531. The zero-order valence-corrected chi connectivity index (χ0v) is 17.4. The number of ether oxygens (including phenoxy) is 1. The molecule has 1 atom stereocenters. The molecule has 0 amide bonds.